The third-order valence-electron chi connectivity index (χ3n) is 3.07. The summed E-state index contributed by atoms with van der Waals surface area (Å²) >= 11 is 0. The summed E-state index contributed by atoms with van der Waals surface area (Å²) in [5.41, 5.74) is 0. The Kier molecular flexibility index (Phi) is 5.52. The number of hydrogen-bond donors (Lipinski definition) is 1. The second-order valence-corrected chi connectivity index (χ2v) is 4.38. The molecule has 0 aromatic heterocycles. The van der Waals surface area contributed by atoms with Crippen LogP contribution in [0.15, 0.2) is 0 Å². The molecule has 94 valence electrons. The topological polar surface area (TPSA) is 41.6 Å². The molecule has 0 spiro atoms. The van der Waals surface area contributed by atoms with E-state index >= 15 is 0 Å². The molecule has 2 aliphatic rings. The van der Waals surface area contributed by atoms with Crippen LogP contribution in [0.5, 0.6) is 0 Å². The van der Waals surface area contributed by atoms with Gasteiger partial charge in [-0.1, -0.05) is 0 Å². The first kappa shape index (κ1) is 13.7. The molecule has 4 nitrogen and oxygen atoms in total. The van der Waals surface area contributed by atoms with Gasteiger partial charge >= 0.3 is 0 Å². The summed E-state index contributed by atoms with van der Waals surface area (Å²) in [4.78, 5) is 14.0. The Morgan fingerprint density at radius 2 is 2.25 bits per heavy atom. The van der Waals surface area contributed by atoms with Crippen molar-refractivity contribution in [3.8, 4) is 0 Å². The SMILES string of the molecule is CCN(CC1CC1)C(=O)C1CNCCO1.Cl. The molecule has 1 heterocycles. The monoisotopic (exact) mass is 248 g/mol. The first-order valence-electron chi connectivity index (χ1n) is 5.92. The summed E-state index contributed by atoms with van der Waals surface area (Å²) in [5.74, 6) is 0.919. The van der Waals surface area contributed by atoms with Gasteiger partial charge in [0.15, 0.2) is 0 Å². The number of carbonyl (C=O) groups is 1. The van der Waals surface area contributed by atoms with Crippen molar-refractivity contribution in [3.05, 3.63) is 0 Å². The number of ether oxygens (including phenoxy) is 1. The number of carbonyl (C=O) groups excluding carboxylic acids is 1. The number of nitrogens with one attached hydrogen (secondary N) is 1. The van der Waals surface area contributed by atoms with E-state index in [9.17, 15) is 4.79 Å². The lowest BCUT2D eigenvalue weighted by Gasteiger charge is -2.29. The third kappa shape index (κ3) is 3.61. The average molecular weight is 249 g/mol. The van der Waals surface area contributed by atoms with E-state index in [2.05, 4.69) is 5.32 Å². The van der Waals surface area contributed by atoms with Gasteiger partial charge in [-0.3, -0.25) is 4.79 Å². The summed E-state index contributed by atoms with van der Waals surface area (Å²) < 4.78 is 5.47. The average Bonchev–Trinajstić information content (AvgIpc) is 3.10. The van der Waals surface area contributed by atoms with Gasteiger partial charge in [0.2, 0.25) is 0 Å². The van der Waals surface area contributed by atoms with Crippen molar-refractivity contribution in [1.29, 1.82) is 0 Å². The van der Waals surface area contributed by atoms with Gasteiger partial charge < -0.3 is 15.0 Å². The Hall–Kier alpha value is -0.320. The van der Waals surface area contributed by atoms with Crippen molar-refractivity contribution in [3.63, 3.8) is 0 Å². The lowest BCUT2D eigenvalue weighted by atomic mass is 10.2. The van der Waals surface area contributed by atoms with Crippen molar-refractivity contribution in [2.75, 3.05) is 32.8 Å². The molecule has 2 rings (SSSR count). The van der Waals surface area contributed by atoms with E-state index in [1.807, 2.05) is 11.8 Å². The van der Waals surface area contributed by atoms with Crippen LogP contribution in [0, 0.1) is 5.92 Å². The lowest BCUT2D eigenvalue weighted by molar-refractivity contribution is -0.145. The van der Waals surface area contributed by atoms with Crippen LogP contribution >= 0.6 is 12.4 Å². The second-order valence-electron chi connectivity index (χ2n) is 4.38. The Labute approximate surface area is 103 Å². The van der Waals surface area contributed by atoms with E-state index in [0.29, 0.717) is 13.2 Å². The molecule has 1 saturated heterocycles. The van der Waals surface area contributed by atoms with Crippen LogP contribution in [0.25, 0.3) is 0 Å². The molecule has 1 atom stereocenters. The zero-order valence-corrected chi connectivity index (χ0v) is 10.6. The van der Waals surface area contributed by atoms with Crippen LogP contribution in [-0.4, -0.2) is 49.7 Å². The first-order valence-corrected chi connectivity index (χ1v) is 5.92. The van der Waals surface area contributed by atoms with Crippen LogP contribution in [-0.2, 0) is 9.53 Å². The predicted octanol–water partition coefficient (Wildman–Crippen LogP) is 0.655. The molecule has 0 radical (unpaired) electrons. The Morgan fingerprint density at radius 1 is 1.50 bits per heavy atom. The van der Waals surface area contributed by atoms with Crippen LogP contribution in [0.2, 0.25) is 0 Å². The van der Waals surface area contributed by atoms with Gasteiger partial charge in [-0.25, -0.2) is 0 Å². The van der Waals surface area contributed by atoms with Crippen molar-refractivity contribution in [1.82, 2.24) is 10.2 Å². The second kappa shape index (κ2) is 6.42. The van der Waals surface area contributed by atoms with E-state index in [1.54, 1.807) is 0 Å². The van der Waals surface area contributed by atoms with E-state index < -0.39 is 0 Å². The molecule has 1 unspecified atom stereocenters. The number of amides is 1. The molecule has 1 aliphatic carbocycles. The van der Waals surface area contributed by atoms with E-state index in [1.165, 1.54) is 12.8 Å². The van der Waals surface area contributed by atoms with E-state index in [4.69, 9.17) is 4.74 Å². The minimum atomic E-state index is -0.252. The maximum Gasteiger partial charge on any atom is 0.253 e. The minimum Gasteiger partial charge on any atom is -0.366 e. The standard InChI is InChI=1S/C11H20N2O2.ClH/c1-2-13(8-9-3-4-9)11(14)10-7-12-5-6-15-10;/h9-10,12H,2-8H2,1H3;1H. The summed E-state index contributed by atoms with van der Waals surface area (Å²) in [6.45, 7) is 5.94. The maximum absolute atomic E-state index is 12.1. The van der Waals surface area contributed by atoms with Crippen LogP contribution < -0.4 is 5.32 Å². The summed E-state index contributed by atoms with van der Waals surface area (Å²) in [6, 6.07) is 0. The van der Waals surface area contributed by atoms with Crippen LogP contribution in [0.3, 0.4) is 0 Å². The first-order chi connectivity index (χ1) is 7.31. The zero-order valence-electron chi connectivity index (χ0n) is 9.78. The van der Waals surface area contributed by atoms with Crippen LogP contribution in [0.1, 0.15) is 19.8 Å². The van der Waals surface area contributed by atoms with Gasteiger partial charge in [0.1, 0.15) is 6.10 Å². The number of likely N-dealkylation sites (N-methyl/N-ethyl adjacent to an activating group) is 1. The number of hydrogen-bond acceptors (Lipinski definition) is 3. The molecule has 1 saturated carbocycles. The Bertz CT molecular complexity index is 228. The molecule has 0 aromatic carbocycles. The third-order valence-corrected chi connectivity index (χ3v) is 3.07. The molecule has 16 heavy (non-hydrogen) atoms. The molecule has 1 aliphatic heterocycles. The fraction of sp³-hybridized carbons (Fsp3) is 0.909. The highest BCUT2D eigenvalue weighted by atomic mass is 35.5. The van der Waals surface area contributed by atoms with Crippen molar-refractivity contribution in [2.24, 2.45) is 5.92 Å². The predicted molar refractivity (Wildman–Crippen MR) is 64.8 cm³/mol. The highest BCUT2D eigenvalue weighted by molar-refractivity contribution is 5.85. The van der Waals surface area contributed by atoms with Gasteiger partial charge in [0, 0.05) is 26.2 Å². The van der Waals surface area contributed by atoms with E-state index in [-0.39, 0.29) is 24.4 Å². The van der Waals surface area contributed by atoms with Gasteiger partial charge in [0.25, 0.3) is 5.91 Å². The van der Waals surface area contributed by atoms with Gasteiger partial charge in [0.05, 0.1) is 6.61 Å². The molecule has 1 amide bonds. The maximum atomic E-state index is 12.1. The van der Waals surface area contributed by atoms with Crippen molar-refractivity contribution >= 4 is 18.3 Å². The zero-order chi connectivity index (χ0) is 10.7. The quantitative estimate of drug-likeness (QED) is 0.795. The van der Waals surface area contributed by atoms with Crippen molar-refractivity contribution < 1.29 is 9.53 Å². The van der Waals surface area contributed by atoms with Gasteiger partial charge in [-0.05, 0) is 25.7 Å². The minimum absolute atomic E-state index is 0. The highest BCUT2D eigenvalue weighted by Crippen LogP contribution is 2.29. The smallest absolute Gasteiger partial charge is 0.253 e. The number of rotatable bonds is 4. The Balaban J connectivity index is 0.00000128. The van der Waals surface area contributed by atoms with Crippen molar-refractivity contribution in [2.45, 2.75) is 25.9 Å². The fourth-order valence-corrected chi connectivity index (χ4v) is 1.91. The summed E-state index contributed by atoms with van der Waals surface area (Å²) in [5, 5.41) is 3.19. The molecular weight excluding hydrogens is 228 g/mol. The fourth-order valence-electron chi connectivity index (χ4n) is 1.91. The lowest BCUT2D eigenvalue weighted by Crippen LogP contribution is -2.49. The van der Waals surface area contributed by atoms with Crippen LogP contribution in [0.4, 0.5) is 0 Å². The molecule has 1 N–H and O–H groups in total. The number of morpholine rings is 1. The highest BCUT2D eigenvalue weighted by Gasteiger charge is 2.30. The van der Waals surface area contributed by atoms with E-state index in [0.717, 1.165) is 25.6 Å². The Morgan fingerprint density at radius 3 is 2.75 bits per heavy atom. The normalized spacial score (nSPS) is 24.7. The number of nitrogens with zero attached hydrogens (tertiary/aromatic N) is 1. The largest absolute Gasteiger partial charge is 0.366 e. The molecule has 0 bridgehead atoms. The molecule has 2 fully saturated rings. The molecule has 0 aromatic rings. The van der Waals surface area contributed by atoms with Gasteiger partial charge in [-0.15, -0.1) is 12.4 Å². The van der Waals surface area contributed by atoms with Gasteiger partial charge in [-0.2, -0.15) is 0 Å². The summed E-state index contributed by atoms with van der Waals surface area (Å²) in [6.07, 6.45) is 2.32. The molecular formula is C11H21ClN2O2. The number of halogens is 1. The molecule has 5 heteroatoms. The summed E-state index contributed by atoms with van der Waals surface area (Å²) in [7, 11) is 0.